The number of hydrogen-bond donors (Lipinski definition) is 2. The van der Waals surface area contributed by atoms with E-state index in [0.29, 0.717) is 22.4 Å². The smallest absolute Gasteiger partial charge is 0.258 e. The first-order chi connectivity index (χ1) is 16.4. The van der Waals surface area contributed by atoms with Crippen molar-refractivity contribution in [3.05, 3.63) is 98.9 Å². The normalized spacial score (nSPS) is 13.7. The van der Waals surface area contributed by atoms with Gasteiger partial charge in [-0.3, -0.25) is 14.4 Å². The molecule has 0 bridgehead atoms. The molecule has 8 heteroatoms. The van der Waals surface area contributed by atoms with E-state index in [0.717, 1.165) is 24.0 Å². The number of carbonyl (C=O) groups excluding carboxylic acids is 2. The standard InChI is InChI=1S/C26H26ClN3O4/c1-17(18-6-11-22(12-7-18)34-16-24(31)29-21-9-10-21)28-26(33)20-8-13-25(32)30(15-20)14-19-4-2-3-5-23(19)27/h2-8,11-13,15,17,21H,9-10,14,16H2,1H3,(H,28,33)(H,29,31). The van der Waals surface area contributed by atoms with E-state index in [9.17, 15) is 14.4 Å². The molecule has 7 nitrogen and oxygen atoms in total. The van der Waals surface area contributed by atoms with Gasteiger partial charge >= 0.3 is 0 Å². The first-order valence-corrected chi connectivity index (χ1v) is 11.5. The first kappa shape index (κ1) is 23.6. The van der Waals surface area contributed by atoms with Crippen molar-refractivity contribution in [2.75, 3.05) is 6.61 Å². The van der Waals surface area contributed by atoms with Crippen LogP contribution in [0.25, 0.3) is 0 Å². The van der Waals surface area contributed by atoms with E-state index in [2.05, 4.69) is 10.6 Å². The van der Waals surface area contributed by atoms with Crippen LogP contribution in [0.2, 0.25) is 5.02 Å². The molecule has 3 aromatic rings. The molecule has 1 aliphatic rings. The minimum Gasteiger partial charge on any atom is -0.484 e. The summed E-state index contributed by atoms with van der Waals surface area (Å²) in [6, 6.07) is 17.4. The molecule has 2 aromatic carbocycles. The van der Waals surface area contributed by atoms with Gasteiger partial charge in [0.1, 0.15) is 5.75 Å². The molecule has 176 valence electrons. The fourth-order valence-corrected chi connectivity index (χ4v) is 3.66. The Bertz CT molecular complexity index is 1240. The number of rotatable bonds is 9. The maximum Gasteiger partial charge on any atom is 0.258 e. The molecule has 0 radical (unpaired) electrons. The van der Waals surface area contributed by atoms with E-state index in [-0.39, 0.29) is 36.6 Å². The Morgan fingerprint density at radius 2 is 1.82 bits per heavy atom. The van der Waals surface area contributed by atoms with E-state index in [1.807, 2.05) is 37.3 Å². The van der Waals surface area contributed by atoms with Gasteiger partial charge in [0.25, 0.3) is 17.4 Å². The van der Waals surface area contributed by atoms with Gasteiger partial charge < -0.3 is 19.9 Å². The minimum atomic E-state index is -0.294. The number of hydrogen-bond acceptors (Lipinski definition) is 4. The molecule has 1 heterocycles. The topological polar surface area (TPSA) is 89.4 Å². The van der Waals surface area contributed by atoms with Crippen molar-refractivity contribution in [3.63, 3.8) is 0 Å². The van der Waals surface area contributed by atoms with Crippen molar-refractivity contribution in [3.8, 4) is 5.75 Å². The Kier molecular flexibility index (Phi) is 7.33. The number of ether oxygens (including phenoxy) is 1. The average Bonchev–Trinajstić information content (AvgIpc) is 3.64. The van der Waals surface area contributed by atoms with E-state index in [1.165, 1.54) is 22.9 Å². The summed E-state index contributed by atoms with van der Waals surface area (Å²) in [6.07, 6.45) is 3.61. The maximum absolute atomic E-state index is 12.8. The Labute approximate surface area is 202 Å². The van der Waals surface area contributed by atoms with Crippen molar-refractivity contribution in [2.24, 2.45) is 0 Å². The van der Waals surface area contributed by atoms with Gasteiger partial charge in [0, 0.05) is 23.3 Å². The molecule has 1 saturated carbocycles. The third-order valence-electron chi connectivity index (χ3n) is 5.58. The molecule has 34 heavy (non-hydrogen) atoms. The van der Waals surface area contributed by atoms with Crippen molar-refractivity contribution >= 4 is 23.4 Å². The summed E-state index contributed by atoms with van der Waals surface area (Å²) in [6.45, 7) is 2.12. The second kappa shape index (κ2) is 10.6. The Hall–Kier alpha value is -3.58. The van der Waals surface area contributed by atoms with Crippen LogP contribution in [-0.2, 0) is 11.3 Å². The van der Waals surface area contributed by atoms with Crippen LogP contribution in [0.3, 0.4) is 0 Å². The molecule has 0 aliphatic heterocycles. The number of benzene rings is 2. The van der Waals surface area contributed by atoms with Crippen LogP contribution in [0.15, 0.2) is 71.7 Å². The largest absolute Gasteiger partial charge is 0.484 e. The number of amides is 2. The SMILES string of the molecule is CC(NC(=O)c1ccc(=O)n(Cc2ccccc2Cl)c1)c1ccc(OCC(=O)NC2CC2)cc1. The van der Waals surface area contributed by atoms with Gasteiger partial charge in [0.05, 0.1) is 18.2 Å². The number of nitrogens with zero attached hydrogens (tertiary/aromatic N) is 1. The summed E-state index contributed by atoms with van der Waals surface area (Å²) in [5, 5.41) is 6.39. The highest BCUT2D eigenvalue weighted by molar-refractivity contribution is 6.31. The summed E-state index contributed by atoms with van der Waals surface area (Å²) in [5.74, 6) is 0.167. The summed E-state index contributed by atoms with van der Waals surface area (Å²) >= 11 is 6.21. The third-order valence-corrected chi connectivity index (χ3v) is 5.95. The van der Waals surface area contributed by atoms with Crippen LogP contribution in [-0.4, -0.2) is 29.0 Å². The van der Waals surface area contributed by atoms with E-state index in [4.69, 9.17) is 16.3 Å². The lowest BCUT2D eigenvalue weighted by Gasteiger charge is -2.16. The Morgan fingerprint density at radius 3 is 2.53 bits per heavy atom. The van der Waals surface area contributed by atoms with Crippen molar-refractivity contribution < 1.29 is 14.3 Å². The molecular formula is C26H26ClN3O4. The van der Waals surface area contributed by atoms with Gasteiger partial charge in [-0.15, -0.1) is 0 Å². The monoisotopic (exact) mass is 479 g/mol. The first-order valence-electron chi connectivity index (χ1n) is 11.2. The molecule has 0 saturated heterocycles. The van der Waals surface area contributed by atoms with Gasteiger partial charge in [-0.2, -0.15) is 0 Å². The van der Waals surface area contributed by atoms with Crippen LogP contribution < -0.4 is 20.9 Å². The third kappa shape index (κ3) is 6.26. The van der Waals surface area contributed by atoms with Crippen LogP contribution in [0, 0.1) is 0 Å². The van der Waals surface area contributed by atoms with Crippen LogP contribution in [0.4, 0.5) is 0 Å². The maximum atomic E-state index is 12.8. The zero-order valence-electron chi connectivity index (χ0n) is 18.8. The van der Waals surface area contributed by atoms with Gasteiger partial charge in [-0.1, -0.05) is 41.9 Å². The van der Waals surface area contributed by atoms with Gasteiger partial charge in [-0.25, -0.2) is 0 Å². The number of aromatic nitrogens is 1. The van der Waals surface area contributed by atoms with Crippen LogP contribution in [0.5, 0.6) is 5.75 Å². The second-order valence-corrected chi connectivity index (χ2v) is 8.78. The summed E-state index contributed by atoms with van der Waals surface area (Å²) < 4.78 is 6.99. The fourth-order valence-electron chi connectivity index (χ4n) is 3.46. The molecule has 1 fully saturated rings. The molecule has 1 atom stereocenters. The van der Waals surface area contributed by atoms with Crippen LogP contribution in [0.1, 0.15) is 47.3 Å². The molecule has 4 rings (SSSR count). The Morgan fingerprint density at radius 1 is 1.09 bits per heavy atom. The zero-order valence-corrected chi connectivity index (χ0v) is 19.5. The molecule has 2 amide bonds. The molecule has 0 spiro atoms. The number of carbonyl (C=O) groups is 2. The highest BCUT2D eigenvalue weighted by Gasteiger charge is 2.23. The molecule has 2 N–H and O–H groups in total. The lowest BCUT2D eigenvalue weighted by atomic mass is 10.1. The summed E-state index contributed by atoms with van der Waals surface area (Å²) in [4.78, 5) is 36.9. The highest BCUT2D eigenvalue weighted by atomic mass is 35.5. The van der Waals surface area contributed by atoms with Gasteiger partial charge in [0.15, 0.2) is 6.61 Å². The average molecular weight is 480 g/mol. The Balaban J connectivity index is 1.36. The fraction of sp³-hybridized carbons (Fsp3) is 0.269. The van der Waals surface area contributed by atoms with E-state index >= 15 is 0 Å². The van der Waals surface area contributed by atoms with Crippen molar-refractivity contribution in [1.82, 2.24) is 15.2 Å². The van der Waals surface area contributed by atoms with Gasteiger partial charge in [-0.05, 0) is 55.2 Å². The zero-order chi connectivity index (χ0) is 24.1. The van der Waals surface area contributed by atoms with Crippen molar-refractivity contribution in [1.29, 1.82) is 0 Å². The van der Waals surface area contributed by atoms with Crippen LogP contribution >= 0.6 is 11.6 Å². The molecule has 1 unspecified atom stereocenters. The summed E-state index contributed by atoms with van der Waals surface area (Å²) in [7, 11) is 0. The van der Waals surface area contributed by atoms with E-state index in [1.54, 1.807) is 18.2 Å². The lowest BCUT2D eigenvalue weighted by molar-refractivity contribution is -0.123. The predicted molar refractivity (Wildman–Crippen MR) is 130 cm³/mol. The minimum absolute atomic E-state index is 0.0218. The molecule has 1 aromatic heterocycles. The number of halogens is 1. The molecular weight excluding hydrogens is 454 g/mol. The number of pyridine rings is 1. The van der Waals surface area contributed by atoms with Crippen molar-refractivity contribution in [2.45, 2.75) is 38.4 Å². The van der Waals surface area contributed by atoms with Gasteiger partial charge in [0.2, 0.25) is 0 Å². The highest BCUT2D eigenvalue weighted by Crippen LogP contribution is 2.20. The lowest BCUT2D eigenvalue weighted by Crippen LogP contribution is -2.30. The quantitative estimate of drug-likeness (QED) is 0.489. The van der Waals surface area contributed by atoms with E-state index < -0.39 is 0 Å². The summed E-state index contributed by atoms with van der Waals surface area (Å²) in [5.41, 5.74) is 1.84. The predicted octanol–water partition coefficient (Wildman–Crippen LogP) is 3.70. The molecule has 1 aliphatic carbocycles. The number of nitrogens with one attached hydrogen (secondary N) is 2. The second-order valence-electron chi connectivity index (χ2n) is 8.37.